The van der Waals surface area contributed by atoms with Crippen LogP contribution in [0.25, 0.3) is 22.4 Å². The van der Waals surface area contributed by atoms with E-state index in [9.17, 15) is 0 Å². The van der Waals surface area contributed by atoms with Crippen LogP contribution < -0.4 is 4.57 Å². The maximum atomic E-state index is 7.77. The van der Waals surface area contributed by atoms with Gasteiger partial charge in [0.2, 0.25) is 5.69 Å². The van der Waals surface area contributed by atoms with Crippen molar-refractivity contribution in [1.82, 2.24) is 9.97 Å². The molecular formula is C19H20N3+. The Labute approximate surface area is 138 Å². The minimum Gasteiger partial charge on any atom is -0.241 e. The molecule has 0 saturated heterocycles. The zero-order valence-corrected chi connectivity index (χ0v) is 12.5. The standard InChI is InChI=1S/C19H20N3/c1-4-19-20-12-16(13-21-19)15-9-10-22(3)18(11-15)17-8-6-5-7-14(17)2/h5-13H,4H2,1-3H3/q+1/i1D3,4D2. The smallest absolute Gasteiger partial charge is 0.213 e. The van der Waals surface area contributed by atoms with Crippen LogP contribution in [-0.4, -0.2) is 9.97 Å². The van der Waals surface area contributed by atoms with Crippen LogP contribution in [0.2, 0.25) is 0 Å². The van der Waals surface area contributed by atoms with E-state index in [2.05, 4.69) is 29.0 Å². The monoisotopic (exact) mass is 295 g/mol. The van der Waals surface area contributed by atoms with E-state index in [1.54, 1.807) is 0 Å². The molecule has 2 aromatic heterocycles. The quantitative estimate of drug-likeness (QED) is 0.692. The van der Waals surface area contributed by atoms with E-state index < -0.39 is 13.2 Å². The second-order valence-electron chi connectivity index (χ2n) is 5.15. The van der Waals surface area contributed by atoms with Crippen molar-refractivity contribution in [1.29, 1.82) is 0 Å². The Bertz CT molecular complexity index is 966. The Kier molecular flexibility index (Phi) is 2.61. The molecule has 0 unspecified atom stereocenters. The van der Waals surface area contributed by atoms with Crippen LogP contribution in [0.1, 0.15) is 25.1 Å². The molecule has 0 aliphatic heterocycles. The summed E-state index contributed by atoms with van der Waals surface area (Å²) in [4.78, 5) is 7.97. The van der Waals surface area contributed by atoms with Gasteiger partial charge in [-0.2, -0.15) is 0 Å². The lowest BCUT2D eigenvalue weighted by Gasteiger charge is -2.07. The van der Waals surface area contributed by atoms with Gasteiger partial charge in [-0.15, -0.1) is 0 Å². The number of benzene rings is 1. The molecular weight excluding hydrogens is 270 g/mol. The van der Waals surface area contributed by atoms with Gasteiger partial charge in [-0.25, -0.2) is 14.5 Å². The molecule has 0 bridgehead atoms. The van der Waals surface area contributed by atoms with E-state index in [0.29, 0.717) is 5.56 Å². The van der Waals surface area contributed by atoms with E-state index >= 15 is 0 Å². The normalized spacial score (nSPS) is 15.3. The van der Waals surface area contributed by atoms with Gasteiger partial charge in [0, 0.05) is 48.9 Å². The number of hydrogen-bond acceptors (Lipinski definition) is 2. The molecule has 0 spiro atoms. The van der Waals surface area contributed by atoms with Crippen molar-refractivity contribution >= 4 is 0 Å². The van der Waals surface area contributed by atoms with E-state index in [0.717, 1.165) is 22.4 Å². The number of nitrogens with zero attached hydrogens (tertiary/aromatic N) is 3. The summed E-state index contributed by atoms with van der Waals surface area (Å²) in [6.07, 6.45) is 2.26. The van der Waals surface area contributed by atoms with Crippen molar-refractivity contribution < 1.29 is 11.4 Å². The molecule has 0 saturated carbocycles. The van der Waals surface area contributed by atoms with Crippen molar-refractivity contribution in [2.24, 2.45) is 7.05 Å². The highest BCUT2D eigenvalue weighted by molar-refractivity contribution is 5.69. The highest BCUT2D eigenvalue weighted by Crippen LogP contribution is 2.24. The van der Waals surface area contributed by atoms with Gasteiger partial charge in [-0.05, 0) is 24.1 Å². The summed E-state index contributed by atoms with van der Waals surface area (Å²) in [5, 5.41) is 0. The predicted molar refractivity (Wildman–Crippen MR) is 88.2 cm³/mol. The van der Waals surface area contributed by atoms with Gasteiger partial charge in [-0.1, -0.05) is 25.1 Å². The van der Waals surface area contributed by atoms with Gasteiger partial charge in [0.15, 0.2) is 6.20 Å². The van der Waals surface area contributed by atoms with Crippen LogP contribution in [0, 0.1) is 6.92 Å². The third kappa shape index (κ3) is 2.75. The van der Waals surface area contributed by atoms with Gasteiger partial charge in [0.1, 0.15) is 12.9 Å². The minimum absolute atomic E-state index is 0.341. The molecule has 3 rings (SSSR count). The molecule has 1 aromatic carbocycles. The molecule has 3 nitrogen and oxygen atoms in total. The van der Waals surface area contributed by atoms with Crippen LogP contribution >= 0.6 is 0 Å². The molecule has 110 valence electrons. The second-order valence-corrected chi connectivity index (χ2v) is 5.15. The maximum absolute atomic E-state index is 7.77. The molecule has 3 aromatic rings. The van der Waals surface area contributed by atoms with Crippen molar-refractivity contribution in [2.45, 2.75) is 20.1 Å². The average molecular weight is 295 g/mol. The molecule has 3 heteroatoms. The summed E-state index contributed by atoms with van der Waals surface area (Å²) in [7, 11) is 1.97. The third-order valence-corrected chi connectivity index (χ3v) is 3.67. The minimum atomic E-state index is -2.83. The summed E-state index contributed by atoms with van der Waals surface area (Å²) in [6, 6.07) is 12.0. The third-order valence-electron chi connectivity index (χ3n) is 3.67. The number of aryl methyl sites for hydroxylation is 3. The van der Waals surface area contributed by atoms with Crippen LogP contribution in [0.4, 0.5) is 0 Å². The number of hydrogen-bond donors (Lipinski definition) is 0. The Hall–Kier alpha value is -2.55. The first-order chi connectivity index (χ1) is 12.6. The van der Waals surface area contributed by atoms with Crippen molar-refractivity contribution in [2.75, 3.05) is 0 Å². The molecule has 0 amide bonds. The molecule has 0 aliphatic carbocycles. The van der Waals surface area contributed by atoms with Gasteiger partial charge >= 0.3 is 0 Å². The summed E-state index contributed by atoms with van der Waals surface area (Å²) in [5.41, 5.74) is 4.84. The molecule has 0 aliphatic rings. The van der Waals surface area contributed by atoms with Gasteiger partial charge in [0.05, 0.1) is 0 Å². The predicted octanol–water partition coefficient (Wildman–Crippen LogP) is 3.51. The van der Waals surface area contributed by atoms with E-state index in [1.165, 1.54) is 12.4 Å². The molecule has 0 fully saturated rings. The fourth-order valence-electron chi connectivity index (χ4n) is 2.42. The largest absolute Gasteiger partial charge is 0.241 e. The lowest BCUT2D eigenvalue weighted by molar-refractivity contribution is -0.660. The van der Waals surface area contributed by atoms with E-state index in [-0.39, 0.29) is 5.82 Å². The van der Waals surface area contributed by atoms with Crippen LogP contribution in [-0.2, 0) is 13.4 Å². The Morgan fingerprint density at radius 3 is 2.64 bits per heavy atom. The molecule has 0 radical (unpaired) electrons. The SMILES string of the molecule is [2H]C([2H])([2H])C([2H])([2H])c1ncc(-c2cc[n+](C)c(-c3ccccc3C)c2)cn1. The number of rotatable bonds is 3. The fourth-order valence-corrected chi connectivity index (χ4v) is 2.42. The molecule has 0 N–H and O–H groups in total. The summed E-state index contributed by atoms with van der Waals surface area (Å²) >= 11 is 0. The van der Waals surface area contributed by atoms with Gasteiger partial charge in [-0.3, -0.25) is 0 Å². The summed E-state index contributed by atoms with van der Waals surface area (Å²) in [5.74, 6) is -0.341. The molecule has 22 heavy (non-hydrogen) atoms. The lowest BCUT2D eigenvalue weighted by Crippen LogP contribution is -2.30. The van der Waals surface area contributed by atoms with Crippen LogP contribution in [0.5, 0.6) is 0 Å². The van der Waals surface area contributed by atoms with Gasteiger partial charge in [0.25, 0.3) is 0 Å². The van der Waals surface area contributed by atoms with Crippen molar-refractivity contribution in [3.63, 3.8) is 0 Å². The van der Waals surface area contributed by atoms with E-state index in [4.69, 9.17) is 6.85 Å². The zero-order valence-electron chi connectivity index (χ0n) is 17.5. The van der Waals surface area contributed by atoms with Crippen LogP contribution in [0.15, 0.2) is 55.0 Å². The molecule has 2 heterocycles. The highest BCUT2D eigenvalue weighted by Gasteiger charge is 2.13. The topological polar surface area (TPSA) is 29.7 Å². The Balaban J connectivity index is 2.01. The Morgan fingerprint density at radius 2 is 1.91 bits per heavy atom. The van der Waals surface area contributed by atoms with E-state index in [1.807, 2.05) is 42.1 Å². The summed E-state index contributed by atoms with van der Waals surface area (Å²) in [6.45, 7) is -0.774. The first-order valence-electron chi connectivity index (χ1n) is 9.50. The molecule has 0 atom stereocenters. The average Bonchev–Trinajstić information content (AvgIpc) is 2.62. The van der Waals surface area contributed by atoms with Gasteiger partial charge < -0.3 is 0 Å². The fraction of sp³-hybridized carbons (Fsp3) is 0.211. The highest BCUT2D eigenvalue weighted by atomic mass is 14.9. The Morgan fingerprint density at radius 1 is 1.14 bits per heavy atom. The lowest BCUT2D eigenvalue weighted by atomic mass is 10.0. The van der Waals surface area contributed by atoms with Crippen molar-refractivity contribution in [3.8, 4) is 22.4 Å². The summed E-state index contributed by atoms with van der Waals surface area (Å²) < 4.78 is 39.6. The van der Waals surface area contributed by atoms with Crippen LogP contribution in [0.3, 0.4) is 0 Å². The number of aromatic nitrogens is 3. The number of pyridine rings is 1. The van der Waals surface area contributed by atoms with Crippen molar-refractivity contribution in [3.05, 3.63) is 66.4 Å². The first kappa shape index (κ1) is 9.46. The second kappa shape index (κ2) is 6.06. The maximum Gasteiger partial charge on any atom is 0.213 e. The zero-order chi connectivity index (χ0) is 19.8. The first-order valence-corrected chi connectivity index (χ1v) is 7.00.